The van der Waals surface area contributed by atoms with E-state index in [1.807, 2.05) is 0 Å². The minimum atomic E-state index is 0.257. The Kier molecular flexibility index (Phi) is 4.58. The maximum atomic E-state index is 5.97. The van der Waals surface area contributed by atoms with Crippen LogP contribution in [0.1, 0.15) is 13.3 Å². The lowest BCUT2D eigenvalue weighted by Crippen LogP contribution is -2.46. The first-order valence-corrected chi connectivity index (χ1v) is 6.38. The van der Waals surface area contributed by atoms with Crippen LogP contribution < -0.4 is 5.32 Å². The standard InChI is InChI=1S/C12H24N2O2/c1-10-3-4-13-7-12(10)16-9-11-8-14(2)5-6-15-11/h10-13H,3-9H2,1-2H3. The third kappa shape index (κ3) is 3.42. The Bertz CT molecular complexity index is 213. The fraction of sp³-hybridized carbons (Fsp3) is 1.00. The van der Waals surface area contributed by atoms with Crippen LogP contribution in [-0.2, 0) is 9.47 Å². The number of piperidine rings is 1. The van der Waals surface area contributed by atoms with Gasteiger partial charge in [-0.05, 0) is 25.9 Å². The number of likely N-dealkylation sites (N-methyl/N-ethyl adjacent to an activating group) is 1. The lowest BCUT2D eigenvalue weighted by molar-refractivity contribution is -0.0922. The third-order valence-corrected chi connectivity index (χ3v) is 3.59. The second kappa shape index (κ2) is 5.96. The highest BCUT2D eigenvalue weighted by atomic mass is 16.5. The number of morpholine rings is 1. The zero-order valence-corrected chi connectivity index (χ0v) is 10.4. The van der Waals surface area contributed by atoms with Crippen LogP contribution in [0.5, 0.6) is 0 Å². The van der Waals surface area contributed by atoms with Gasteiger partial charge in [-0.2, -0.15) is 0 Å². The number of hydrogen-bond acceptors (Lipinski definition) is 4. The van der Waals surface area contributed by atoms with E-state index in [2.05, 4.69) is 24.2 Å². The summed E-state index contributed by atoms with van der Waals surface area (Å²) in [6, 6.07) is 0. The highest BCUT2D eigenvalue weighted by Gasteiger charge is 2.24. The lowest BCUT2D eigenvalue weighted by atomic mass is 9.97. The van der Waals surface area contributed by atoms with Crippen LogP contribution in [0.25, 0.3) is 0 Å². The first-order valence-electron chi connectivity index (χ1n) is 6.38. The molecule has 0 spiro atoms. The number of rotatable bonds is 3. The highest BCUT2D eigenvalue weighted by Crippen LogP contribution is 2.15. The van der Waals surface area contributed by atoms with Crippen molar-refractivity contribution in [3.63, 3.8) is 0 Å². The van der Waals surface area contributed by atoms with Crippen LogP contribution in [0.2, 0.25) is 0 Å². The molecule has 2 rings (SSSR count). The molecule has 2 heterocycles. The molecule has 0 saturated carbocycles. The predicted molar refractivity (Wildman–Crippen MR) is 63.6 cm³/mol. The van der Waals surface area contributed by atoms with E-state index in [-0.39, 0.29) is 6.10 Å². The van der Waals surface area contributed by atoms with Crippen LogP contribution in [0.4, 0.5) is 0 Å². The van der Waals surface area contributed by atoms with Crippen LogP contribution in [0, 0.1) is 5.92 Å². The topological polar surface area (TPSA) is 33.7 Å². The van der Waals surface area contributed by atoms with E-state index < -0.39 is 0 Å². The smallest absolute Gasteiger partial charge is 0.0935 e. The van der Waals surface area contributed by atoms with Crippen molar-refractivity contribution < 1.29 is 9.47 Å². The van der Waals surface area contributed by atoms with Gasteiger partial charge < -0.3 is 19.7 Å². The zero-order chi connectivity index (χ0) is 11.4. The number of hydrogen-bond donors (Lipinski definition) is 1. The van der Waals surface area contributed by atoms with E-state index in [9.17, 15) is 0 Å². The van der Waals surface area contributed by atoms with E-state index in [0.29, 0.717) is 12.0 Å². The van der Waals surface area contributed by atoms with Crippen molar-refractivity contribution in [3.8, 4) is 0 Å². The Labute approximate surface area is 98.3 Å². The summed E-state index contributed by atoms with van der Waals surface area (Å²) >= 11 is 0. The van der Waals surface area contributed by atoms with Gasteiger partial charge in [0.2, 0.25) is 0 Å². The monoisotopic (exact) mass is 228 g/mol. The van der Waals surface area contributed by atoms with Crippen molar-refractivity contribution in [2.24, 2.45) is 5.92 Å². The van der Waals surface area contributed by atoms with E-state index in [1.165, 1.54) is 6.42 Å². The van der Waals surface area contributed by atoms with E-state index >= 15 is 0 Å². The van der Waals surface area contributed by atoms with E-state index in [0.717, 1.165) is 39.4 Å². The second-order valence-corrected chi connectivity index (χ2v) is 5.10. The molecule has 4 heteroatoms. The van der Waals surface area contributed by atoms with Gasteiger partial charge in [-0.15, -0.1) is 0 Å². The summed E-state index contributed by atoms with van der Waals surface area (Å²) in [5.41, 5.74) is 0. The van der Waals surface area contributed by atoms with Gasteiger partial charge in [-0.3, -0.25) is 0 Å². The van der Waals surface area contributed by atoms with E-state index in [1.54, 1.807) is 0 Å². The summed E-state index contributed by atoms with van der Waals surface area (Å²) < 4.78 is 11.7. The van der Waals surface area contributed by atoms with Gasteiger partial charge in [-0.1, -0.05) is 6.92 Å². The highest BCUT2D eigenvalue weighted by molar-refractivity contribution is 4.77. The van der Waals surface area contributed by atoms with E-state index in [4.69, 9.17) is 9.47 Å². The molecule has 2 saturated heterocycles. The molecule has 0 aromatic carbocycles. The van der Waals surface area contributed by atoms with Crippen molar-refractivity contribution in [1.29, 1.82) is 0 Å². The number of nitrogens with one attached hydrogen (secondary N) is 1. The molecule has 0 aromatic rings. The largest absolute Gasteiger partial charge is 0.374 e. The maximum absolute atomic E-state index is 5.97. The molecule has 0 aliphatic carbocycles. The molecular weight excluding hydrogens is 204 g/mol. The second-order valence-electron chi connectivity index (χ2n) is 5.10. The molecule has 4 nitrogen and oxygen atoms in total. The average Bonchev–Trinajstić information content (AvgIpc) is 2.28. The van der Waals surface area contributed by atoms with Crippen LogP contribution >= 0.6 is 0 Å². The van der Waals surface area contributed by atoms with Crippen molar-refractivity contribution in [2.75, 3.05) is 46.4 Å². The van der Waals surface area contributed by atoms with Crippen molar-refractivity contribution in [1.82, 2.24) is 10.2 Å². The minimum Gasteiger partial charge on any atom is -0.374 e. The van der Waals surface area contributed by atoms with Crippen LogP contribution in [-0.4, -0.2) is 63.5 Å². The number of nitrogens with zero attached hydrogens (tertiary/aromatic N) is 1. The van der Waals surface area contributed by atoms with Gasteiger partial charge >= 0.3 is 0 Å². The fourth-order valence-electron chi connectivity index (χ4n) is 2.38. The van der Waals surface area contributed by atoms with Crippen LogP contribution in [0.15, 0.2) is 0 Å². The molecule has 0 aromatic heterocycles. The normalized spacial score (nSPS) is 37.5. The van der Waals surface area contributed by atoms with Gasteiger partial charge in [0.15, 0.2) is 0 Å². The molecule has 3 atom stereocenters. The molecule has 2 aliphatic rings. The molecule has 0 bridgehead atoms. The fourth-order valence-corrected chi connectivity index (χ4v) is 2.38. The molecule has 0 radical (unpaired) electrons. The molecule has 2 aliphatic heterocycles. The summed E-state index contributed by atoms with van der Waals surface area (Å²) in [4.78, 5) is 2.31. The zero-order valence-electron chi connectivity index (χ0n) is 10.4. The van der Waals surface area contributed by atoms with Gasteiger partial charge in [0.05, 0.1) is 25.4 Å². The van der Waals surface area contributed by atoms with Gasteiger partial charge in [0.25, 0.3) is 0 Å². The first-order chi connectivity index (χ1) is 7.75. The first kappa shape index (κ1) is 12.3. The predicted octanol–water partition coefficient (Wildman–Crippen LogP) is 0.332. The van der Waals surface area contributed by atoms with Gasteiger partial charge in [-0.25, -0.2) is 0 Å². The summed E-state index contributed by atoms with van der Waals surface area (Å²) in [5, 5.41) is 3.39. The molecular formula is C12H24N2O2. The molecule has 16 heavy (non-hydrogen) atoms. The summed E-state index contributed by atoms with van der Waals surface area (Å²) in [5.74, 6) is 0.669. The quantitative estimate of drug-likeness (QED) is 0.755. The SMILES string of the molecule is CC1CCNCC1OCC1CN(C)CCO1. The van der Waals surface area contributed by atoms with Crippen molar-refractivity contribution >= 4 is 0 Å². The summed E-state index contributed by atoms with van der Waals surface area (Å²) in [7, 11) is 2.14. The molecule has 2 fully saturated rings. The molecule has 94 valence electrons. The summed E-state index contributed by atoms with van der Waals surface area (Å²) in [6.07, 6.45) is 1.84. The molecule has 1 N–H and O–H groups in total. The lowest BCUT2D eigenvalue weighted by Gasteiger charge is -2.34. The van der Waals surface area contributed by atoms with Crippen LogP contribution in [0.3, 0.4) is 0 Å². The Morgan fingerprint density at radius 2 is 2.38 bits per heavy atom. The molecule has 0 amide bonds. The summed E-state index contributed by atoms with van der Waals surface area (Å²) in [6.45, 7) is 8.00. The van der Waals surface area contributed by atoms with Gasteiger partial charge in [0.1, 0.15) is 0 Å². The Morgan fingerprint density at radius 3 is 3.12 bits per heavy atom. The molecule has 3 unspecified atom stereocenters. The minimum absolute atomic E-state index is 0.257. The third-order valence-electron chi connectivity index (χ3n) is 3.59. The van der Waals surface area contributed by atoms with Crippen molar-refractivity contribution in [3.05, 3.63) is 0 Å². The Hall–Kier alpha value is -0.160. The van der Waals surface area contributed by atoms with Crippen molar-refractivity contribution in [2.45, 2.75) is 25.6 Å². The van der Waals surface area contributed by atoms with Gasteiger partial charge in [0, 0.05) is 19.6 Å². The number of ether oxygens (including phenoxy) is 2. The average molecular weight is 228 g/mol. The maximum Gasteiger partial charge on any atom is 0.0935 e. The Morgan fingerprint density at radius 1 is 1.50 bits per heavy atom. The Balaban J connectivity index is 1.69.